The number of fused-ring (bicyclic) bond motifs is 2. The van der Waals surface area contributed by atoms with Crippen molar-refractivity contribution in [3.63, 3.8) is 0 Å². The number of hydrogen-bond donors (Lipinski definition) is 2. The zero-order valence-electron chi connectivity index (χ0n) is 24.4. The van der Waals surface area contributed by atoms with Gasteiger partial charge in [-0.15, -0.1) is 0 Å². The number of hydrogen-bond acceptors (Lipinski definition) is 6. The van der Waals surface area contributed by atoms with Crippen LogP contribution in [0.15, 0.2) is 91.0 Å². The molecule has 5 aromatic rings. The van der Waals surface area contributed by atoms with Gasteiger partial charge >= 0.3 is 5.97 Å². The molecule has 0 unspecified atom stereocenters. The minimum atomic E-state index is -0.479. The van der Waals surface area contributed by atoms with Crippen molar-refractivity contribution in [2.45, 2.75) is 12.8 Å². The number of aliphatic hydroxyl groups excluding tert-OH is 2. The fraction of sp³-hybridized carbons (Fsp3) is 0.184. The third kappa shape index (κ3) is 7.76. The average Bonchev–Trinajstić information content (AvgIpc) is 3.06. The lowest BCUT2D eigenvalue weighted by Gasteiger charge is -2.07. The van der Waals surface area contributed by atoms with E-state index in [4.69, 9.17) is 24.4 Å². The van der Waals surface area contributed by atoms with Crippen LogP contribution < -0.4 is 9.47 Å². The predicted molar refractivity (Wildman–Crippen MR) is 172 cm³/mol. The van der Waals surface area contributed by atoms with E-state index in [-0.39, 0.29) is 13.2 Å². The van der Waals surface area contributed by atoms with Gasteiger partial charge in [0.25, 0.3) is 0 Å². The van der Waals surface area contributed by atoms with Gasteiger partial charge in [0.05, 0.1) is 25.9 Å². The predicted octanol–water partition coefficient (Wildman–Crippen LogP) is 6.10. The van der Waals surface area contributed by atoms with Crippen LogP contribution in [-0.2, 0) is 4.74 Å². The summed E-state index contributed by atoms with van der Waals surface area (Å²) < 4.78 is 16.4. The summed E-state index contributed by atoms with van der Waals surface area (Å²) in [4.78, 5) is 12.6. The molecule has 0 atom stereocenters. The first-order valence-electron chi connectivity index (χ1n) is 14.4. The summed E-state index contributed by atoms with van der Waals surface area (Å²) in [5, 5.41) is 22.0. The Bertz CT molecular complexity index is 1920. The average molecular weight is 585 g/mol. The number of carbonyl (C=O) groups is 1. The largest absolute Gasteiger partial charge is 0.493 e. The topological polar surface area (TPSA) is 85.2 Å². The van der Waals surface area contributed by atoms with E-state index >= 15 is 0 Å². The monoisotopic (exact) mass is 584 g/mol. The smallest absolute Gasteiger partial charge is 0.339 e. The third-order valence-corrected chi connectivity index (χ3v) is 6.88. The normalized spacial score (nSPS) is 10.4. The molecular weight excluding hydrogens is 552 g/mol. The van der Waals surface area contributed by atoms with Gasteiger partial charge in [0.1, 0.15) is 11.5 Å². The van der Waals surface area contributed by atoms with E-state index in [0.717, 1.165) is 44.2 Å². The summed E-state index contributed by atoms with van der Waals surface area (Å²) in [5.41, 5.74) is 3.23. The summed E-state index contributed by atoms with van der Waals surface area (Å²) in [6.07, 6.45) is 1.18. The summed E-state index contributed by atoms with van der Waals surface area (Å²) in [5.74, 6) is 13.7. The molecule has 220 valence electrons. The number of carbonyl (C=O) groups excluding carboxylic acids is 1. The molecule has 0 aromatic heterocycles. The molecule has 0 aliphatic rings. The standard InChI is InChI=1S/C38H32O6/c1-42-38(41)37-24-29(5-4-27-8-12-33-25-35(43-20-2-18-39)16-14-31(33)22-27)7-11-30(37)10-6-28-9-13-34-26-36(44-21-3-19-40)17-15-32(34)23-28/h7-9,11-17,22-26,39-40H,2-3,18-21H2,1H3. The summed E-state index contributed by atoms with van der Waals surface area (Å²) in [6.45, 7) is 1.13. The van der Waals surface area contributed by atoms with E-state index in [9.17, 15) is 4.79 Å². The van der Waals surface area contributed by atoms with Crippen LogP contribution in [0.25, 0.3) is 21.5 Å². The van der Waals surface area contributed by atoms with Crippen molar-refractivity contribution in [1.82, 2.24) is 0 Å². The molecule has 0 aliphatic heterocycles. The highest BCUT2D eigenvalue weighted by molar-refractivity contribution is 5.93. The molecule has 6 heteroatoms. The second-order valence-corrected chi connectivity index (χ2v) is 10.1. The maximum Gasteiger partial charge on any atom is 0.339 e. The molecule has 6 nitrogen and oxygen atoms in total. The zero-order chi connectivity index (χ0) is 30.7. The summed E-state index contributed by atoms with van der Waals surface area (Å²) >= 11 is 0. The Kier molecular flexibility index (Phi) is 10.1. The summed E-state index contributed by atoms with van der Waals surface area (Å²) in [6, 6.07) is 28.9. The number of ether oxygens (including phenoxy) is 3. The lowest BCUT2D eigenvalue weighted by molar-refractivity contribution is 0.0600. The molecule has 5 aromatic carbocycles. The van der Waals surface area contributed by atoms with E-state index in [2.05, 4.69) is 23.7 Å². The van der Waals surface area contributed by atoms with Crippen molar-refractivity contribution < 1.29 is 29.2 Å². The van der Waals surface area contributed by atoms with Crippen LogP contribution in [0, 0.1) is 23.7 Å². The van der Waals surface area contributed by atoms with Crippen LogP contribution in [0.5, 0.6) is 11.5 Å². The molecule has 0 aliphatic carbocycles. The van der Waals surface area contributed by atoms with Crippen molar-refractivity contribution >= 4 is 27.5 Å². The molecular formula is C38H32O6. The number of esters is 1. The molecule has 0 spiro atoms. The molecule has 0 saturated carbocycles. The summed E-state index contributed by atoms with van der Waals surface area (Å²) in [7, 11) is 1.35. The fourth-order valence-corrected chi connectivity index (χ4v) is 4.59. The Balaban J connectivity index is 1.34. The van der Waals surface area contributed by atoms with Gasteiger partial charge in [0.2, 0.25) is 0 Å². The highest BCUT2D eigenvalue weighted by atomic mass is 16.5. The Morgan fingerprint density at radius 2 is 1.05 bits per heavy atom. The van der Waals surface area contributed by atoms with E-state index in [0.29, 0.717) is 42.7 Å². The van der Waals surface area contributed by atoms with Gasteiger partial charge in [-0.1, -0.05) is 47.9 Å². The van der Waals surface area contributed by atoms with Crippen molar-refractivity contribution in [2.75, 3.05) is 33.5 Å². The molecule has 0 fully saturated rings. The van der Waals surface area contributed by atoms with Crippen molar-refractivity contribution in [2.24, 2.45) is 0 Å². The first-order chi connectivity index (χ1) is 21.6. The second-order valence-electron chi connectivity index (χ2n) is 10.1. The van der Waals surface area contributed by atoms with E-state index in [1.165, 1.54) is 7.11 Å². The first kappa shape index (κ1) is 30.2. The van der Waals surface area contributed by atoms with Gasteiger partial charge in [0.15, 0.2) is 0 Å². The van der Waals surface area contributed by atoms with Crippen LogP contribution in [0.3, 0.4) is 0 Å². The second kappa shape index (κ2) is 14.8. The minimum absolute atomic E-state index is 0.0979. The molecule has 0 radical (unpaired) electrons. The van der Waals surface area contributed by atoms with E-state index in [1.54, 1.807) is 12.1 Å². The maximum atomic E-state index is 12.6. The minimum Gasteiger partial charge on any atom is -0.493 e. The van der Waals surface area contributed by atoms with Gasteiger partial charge in [-0.2, -0.15) is 0 Å². The van der Waals surface area contributed by atoms with Crippen LogP contribution in [-0.4, -0.2) is 49.7 Å². The molecule has 0 amide bonds. The molecule has 0 heterocycles. The number of aliphatic hydroxyl groups is 2. The van der Waals surface area contributed by atoms with Crippen LogP contribution in [0.1, 0.15) is 45.5 Å². The van der Waals surface area contributed by atoms with Crippen LogP contribution >= 0.6 is 0 Å². The highest BCUT2D eigenvalue weighted by Gasteiger charge is 2.11. The Hall–Kier alpha value is -5.27. The first-order valence-corrected chi connectivity index (χ1v) is 14.4. The quantitative estimate of drug-likeness (QED) is 0.124. The SMILES string of the molecule is COC(=O)c1cc(C#Cc2ccc3cc(OCCCO)ccc3c2)ccc1C#Cc1ccc2cc(OCCCO)ccc2c1. The van der Waals surface area contributed by atoms with Gasteiger partial charge in [0, 0.05) is 48.3 Å². The molecule has 5 rings (SSSR count). The van der Waals surface area contributed by atoms with Gasteiger partial charge in [-0.25, -0.2) is 4.79 Å². The van der Waals surface area contributed by atoms with Crippen LogP contribution in [0.2, 0.25) is 0 Å². The van der Waals surface area contributed by atoms with E-state index < -0.39 is 5.97 Å². The zero-order valence-corrected chi connectivity index (χ0v) is 24.4. The Labute approximate surface area is 256 Å². The lowest BCUT2D eigenvalue weighted by atomic mass is 10.0. The molecule has 0 saturated heterocycles. The number of methoxy groups -OCH3 is 1. The van der Waals surface area contributed by atoms with Crippen molar-refractivity contribution in [1.29, 1.82) is 0 Å². The molecule has 0 bridgehead atoms. The Morgan fingerprint density at radius 1 is 0.591 bits per heavy atom. The van der Waals surface area contributed by atoms with E-state index in [1.807, 2.05) is 78.9 Å². The lowest BCUT2D eigenvalue weighted by Crippen LogP contribution is -2.04. The number of benzene rings is 5. The van der Waals surface area contributed by atoms with Crippen molar-refractivity contribution in [3.8, 4) is 35.2 Å². The number of rotatable bonds is 9. The maximum absolute atomic E-state index is 12.6. The highest BCUT2D eigenvalue weighted by Crippen LogP contribution is 2.24. The van der Waals surface area contributed by atoms with Gasteiger partial charge in [-0.3, -0.25) is 0 Å². The van der Waals surface area contributed by atoms with Gasteiger partial charge < -0.3 is 24.4 Å². The Morgan fingerprint density at radius 3 is 1.57 bits per heavy atom. The van der Waals surface area contributed by atoms with Crippen molar-refractivity contribution in [3.05, 3.63) is 119 Å². The molecule has 2 N–H and O–H groups in total. The third-order valence-electron chi connectivity index (χ3n) is 6.88. The van der Waals surface area contributed by atoms with Crippen LogP contribution in [0.4, 0.5) is 0 Å². The molecule has 44 heavy (non-hydrogen) atoms. The van der Waals surface area contributed by atoms with Gasteiger partial charge in [-0.05, 0) is 88.3 Å². The fourth-order valence-electron chi connectivity index (χ4n) is 4.59.